The third-order valence-electron chi connectivity index (χ3n) is 0.925. The van der Waals surface area contributed by atoms with Crippen LogP contribution in [0.4, 0.5) is 0 Å². The molecule has 0 bridgehead atoms. The zero-order valence-corrected chi connectivity index (χ0v) is 7.48. The first-order chi connectivity index (χ1) is 3.84. The second-order valence-electron chi connectivity index (χ2n) is 1.43. The molecule has 0 aromatic carbocycles. The van der Waals surface area contributed by atoms with Crippen molar-refractivity contribution in [2.24, 2.45) is 0 Å². The van der Waals surface area contributed by atoms with Crippen molar-refractivity contribution in [2.75, 3.05) is 0 Å². The Bertz CT molecular complexity index is 175. The van der Waals surface area contributed by atoms with E-state index >= 15 is 0 Å². The topological polar surface area (TPSA) is 41.6 Å². The summed E-state index contributed by atoms with van der Waals surface area (Å²) >= 11 is 3.26. The van der Waals surface area contributed by atoms with Crippen molar-refractivity contribution in [1.82, 2.24) is 15.4 Å². The van der Waals surface area contributed by atoms with E-state index in [4.69, 9.17) is 0 Å². The summed E-state index contributed by atoms with van der Waals surface area (Å²) < 4.78 is 0.881. The lowest BCUT2D eigenvalue weighted by molar-refractivity contribution is 0.939. The standard InChI is InChI=1S/C3H6BrN3Si/c1-8-3-2(4)5-7-6-3/h8H2,1H3,(H,5,6,7). The summed E-state index contributed by atoms with van der Waals surface area (Å²) in [6.45, 7) is 2.18. The van der Waals surface area contributed by atoms with Crippen LogP contribution in [0.1, 0.15) is 0 Å². The number of nitrogens with zero attached hydrogens (tertiary/aromatic N) is 2. The molecule has 3 nitrogen and oxygen atoms in total. The first-order valence-corrected chi connectivity index (χ1v) is 5.31. The van der Waals surface area contributed by atoms with Crippen molar-refractivity contribution >= 4 is 30.8 Å². The maximum Gasteiger partial charge on any atom is 0.146 e. The molecule has 0 spiro atoms. The van der Waals surface area contributed by atoms with Crippen molar-refractivity contribution in [3.05, 3.63) is 4.60 Å². The Morgan fingerprint density at radius 2 is 2.50 bits per heavy atom. The highest BCUT2D eigenvalue weighted by molar-refractivity contribution is 9.10. The van der Waals surface area contributed by atoms with Gasteiger partial charge in [0.1, 0.15) is 4.60 Å². The van der Waals surface area contributed by atoms with Gasteiger partial charge in [-0.05, 0) is 15.9 Å². The molecule has 8 heavy (non-hydrogen) atoms. The molecule has 0 saturated heterocycles. The highest BCUT2D eigenvalue weighted by atomic mass is 79.9. The number of halogens is 1. The fraction of sp³-hybridized carbons (Fsp3) is 0.333. The van der Waals surface area contributed by atoms with Gasteiger partial charge in [0.15, 0.2) is 0 Å². The summed E-state index contributed by atoms with van der Waals surface area (Å²) in [7, 11) is -0.123. The smallest absolute Gasteiger partial charge is 0.146 e. The van der Waals surface area contributed by atoms with Crippen LogP contribution in [0.15, 0.2) is 4.60 Å². The van der Waals surface area contributed by atoms with Crippen LogP contribution in [0.25, 0.3) is 0 Å². The number of hydrogen-bond donors (Lipinski definition) is 1. The van der Waals surface area contributed by atoms with Gasteiger partial charge in [-0.2, -0.15) is 0 Å². The third kappa shape index (κ3) is 0.975. The maximum absolute atomic E-state index is 3.73. The van der Waals surface area contributed by atoms with Gasteiger partial charge in [0, 0.05) is 5.32 Å². The molecule has 1 N–H and O–H groups in total. The van der Waals surface area contributed by atoms with Gasteiger partial charge in [0.05, 0.1) is 9.52 Å². The summed E-state index contributed by atoms with van der Waals surface area (Å²) in [5.74, 6) is 0. The zero-order chi connectivity index (χ0) is 5.98. The minimum atomic E-state index is -0.123. The van der Waals surface area contributed by atoms with Crippen LogP contribution in [0.5, 0.6) is 0 Å². The van der Waals surface area contributed by atoms with Crippen molar-refractivity contribution in [2.45, 2.75) is 6.55 Å². The summed E-state index contributed by atoms with van der Waals surface area (Å²) in [5.41, 5.74) is 0. The monoisotopic (exact) mass is 191 g/mol. The lowest BCUT2D eigenvalue weighted by atomic mass is 10.9. The highest BCUT2D eigenvalue weighted by Gasteiger charge is 1.97. The molecule has 1 aromatic rings. The Hall–Kier alpha value is -0.163. The van der Waals surface area contributed by atoms with E-state index in [1.165, 1.54) is 5.32 Å². The molecule has 0 aliphatic heterocycles. The van der Waals surface area contributed by atoms with Gasteiger partial charge in [-0.15, -0.1) is 5.10 Å². The predicted octanol–water partition coefficient (Wildman–Crippen LogP) is -0.591. The van der Waals surface area contributed by atoms with E-state index in [9.17, 15) is 0 Å². The molecule has 0 amide bonds. The molecule has 44 valence electrons. The molecule has 0 atom stereocenters. The van der Waals surface area contributed by atoms with Crippen molar-refractivity contribution < 1.29 is 0 Å². The first kappa shape index (κ1) is 5.96. The minimum absolute atomic E-state index is 0.123. The van der Waals surface area contributed by atoms with Crippen LogP contribution >= 0.6 is 15.9 Å². The van der Waals surface area contributed by atoms with E-state index in [1.54, 1.807) is 0 Å². The fourth-order valence-electron chi connectivity index (χ4n) is 0.461. The molecule has 0 saturated carbocycles. The van der Waals surface area contributed by atoms with Crippen molar-refractivity contribution in [3.8, 4) is 0 Å². The second kappa shape index (κ2) is 2.41. The molecular formula is C3H6BrN3Si. The van der Waals surface area contributed by atoms with Crippen LogP contribution in [0.2, 0.25) is 6.55 Å². The van der Waals surface area contributed by atoms with E-state index in [-0.39, 0.29) is 9.52 Å². The highest BCUT2D eigenvalue weighted by Crippen LogP contribution is 1.94. The Kier molecular flexibility index (Phi) is 1.79. The van der Waals surface area contributed by atoms with Crippen LogP contribution in [0, 0.1) is 0 Å². The van der Waals surface area contributed by atoms with E-state index < -0.39 is 0 Å². The van der Waals surface area contributed by atoms with Gasteiger partial charge in [-0.25, -0.2) is 0 Å². The SMILES string of the molecule is C[SiH2]c1[nH]nnc1Br. The predicted molar refractivity (Wildman–Crippen MR) is 38.1 cm³/mol. The van der Waals surface area contributed by atoms with Gasteiger partial charge in [-0.3, -0.25) is 5.10 Å². The van der Waals surface area contributed by atoms with Gasteiger partial charge < -0.3 is 0 Å². The second-order valence-corrected chi connectivity index (χ2v) is 3.60. The van der Waals surface area contributed by atoms with Gasteiger partial charge in [0.2, 0.25) is 0 Å². The van der Waals surface area contributed by atoms with Crippen LogP contribution in [-0.4, -0.2) is 24.9 Å². The number of rotatable bonds is 1. The summed E-state index contributed by atoms with van der Waals surface area (Å²) in [4.78, 5) is 0. The molecule has 0 radical (unpaired) electrons. The molecule has 1 rings (SSSR count). The number of aromatic nitrogens is 3. The molecule has 0 aliphatic carbocycles. The zero-order valence-electron chi connectivity index (χ0n) is 4.48. The van der Waals surface area contributed by atoms with Gasteiger partial charge in [0.25, 0.3) is 0 Å². The Labute approximate surface area is 57.8 Å². The summed E-state index contributed by atoms with van der Waals surface area (Å²) in [6, 6.07) is 0. The Balaban J connectivity index is 2.92. The normalized spacial score (nSPS) is 11.2. The van der Waals surface area contributed by atoms with Crippen molar-refractivity contribution in [1.29, 1.82) is 0 Å². The molecule has 1 heterocycles. The largest absolute Gasteiger partial charge is 0.266 e. The van der Waals surface area contributed by atoms with Crippen LogP contribution in [0.3, 0.4) is 0 Å². The number of nitrogens with one attached hydrogen (secondary N) is 1. The molecule has 0 aliphatic rings. The number of aromatic amines is 1. The number of H-pyrrole nitrogens is 1. The lowest BCUT2D eigenvalue weighted by Crippen LogP contribution is -2.12. The van der Waals surface area contributed by atoms with E-state index in [0.717, 1.165) is 4.60 Å². The van der Waals surface area contributed by atoms with Crippen LogP contribution in [-0.2, 0) is 0 Å². The summed E-state index contributed by atoms with van der Waals surface area (Å²) in [5, 5.41) is 11.3. The van der Waals surface area contributed by atoms with E-state index in [2.05, 4.69) is 37.9 Å². The van der Waals surface area contributed by atoms with E-state index in [1.807, 2.05) is 0 Å². The Morgan fingerprint density at radius 3 is 2.75 bits per heavy atom. The average molecular weight is 192 g/mol. The number of hydrogen-bond acceptors (Lipinski definition) is 2. The molecule has 1 aromatic heterocycles. The van der Waals surface area contributed by atoms with Crippen molar-refractivity contribution in [3.63, 3.8) is 0 Å². The molecular weight excluding hydrogens is 186 g/mol. The third-order valence-corrected chi connectivity index (χ3v) is 3.28. The maximum atomic E-state index is 3.73. The van der Waals surface area contributed by atoms with Gasteiger partial charge >= 0.3 is 0 Å². The van der Waals surface area contributed by atoms with Gasteiger partial charge in [-0.1, -0.05) is 11.8 Å². The molecule has 0 fully saturated rings. The molecule has 5 heteroatoms. The Morgan fingerprint density at radius 1 is 1.75 bits per heavy atom. The first-order valence-electron chi connectivity index (χ1n) is 2.40. The minimum Gasteiger partial charge on any atom is -0.266 e. The lowest BCUT2D eigenvalue weighted by Gasteiger charge is -1.82. The van der Waals surface area contributed by atoms with Crippen LogP contribution < -0.4 is 5.32 Å². The summed E-state index contributed by atoms with van der Waals surface area (Å²) in [6.07, 6.45) is 0. The quantitative estimate of drug-likeness (QED) is 0.604. The average Bonchev–Trinajstić information content (AvgIpc) is 2.14. The molecule has 0 unspecified atom stereocenters. The fourth-order valence-corrected chi connectivity index (χ4v) is 2.06. The van der Waals surface area contributed by atoms with E-state index in [0.29, 0.717) is 0 Å².